The van der Waals surface area contributed by atoms with Crippen LogP contribution in [0.1, 0.15) is 37.8 Å². The molecule has 1 saturated heterocycles. The predicted octanol–water partition coefficient (Wildman–Crippen LogP) is 2.39. The predicted molar refractivity (Wildman–Crippen MR) is 78.4 cm³/mol. The van der Waals surface area contributed by atoms with E-state index in [0.717, 1.165) is 25.1 Å². The third-order valence-corrected chi connectivity index (χ3v) is 5.14. The zero-order chi connectivity index (χ0) is 14.2. The third kappa shape index (κ3) is 2.69. The summed E-state index contributed by atoms with van der Waals surface area (Å²) >= 11 is 0. The monoisotopic (exact) mass is 286 g/mol. The number of ether oxygens (including phenoxy) is 1. The molecule has 2 bridgehead atoms. The Morgan fingerprint density at radius 1 is 1.29 bits per heavy atom. The molecule has 21 heavy (non-hydrogen) atoms. The van der Waals surface area contributed by atoms with Gasteiger partial charge in [-0.1, -0.05) is 6.07 Å². The molecule has 2 aliphatic carbocycles. The summed E-state index contributed by atoms with van der Waals surface area (Å²) in [6.07, 6.45) is 7.57. The normalized spacial score (nSPS) is 30.9. The molecule has 1 aliphatic heterocycles. The topological polar surface area (TPSA) is 42.4 Å². The van der Waals surface area contributed by atoms with Gasteiger partial charge in [-0.25, -0.2) is 0 Å². The van der Waals surface area contributed by atoms with Crippen molar-refractivity contribution in [3.8, 4) is 0 Å². The van der Waals surface area contributed by atoms with Gasteiger partial charge in [0.2, 0.25) is 5.91 Å². The number of nitrogens with zero attached hydrogens (tertiary/aromatic N) is 2. The van der Waals surface area contributed by atoms with Crippen molar-refractivity contribution in [3.05, 3.63) is 30.1 Å². The summed E-state index contributed by atoms with van der Waals surface area (Å²) in [7, 11) is 0. The lowest BCUT2D eigenvalue weighted by Gasteiger charge is -2.27. The van der Waals surface area contributed by atoms with Crippen LogP contribution in [0.25, 0.3) is 0 Å². The molecule has 4 heteroatoms. The van der Waals surface area contributed by atoms with Gasteiger partial charge in [0.1, 0.15) is 0 Å². The highest BCUT2D eigenvalue weighted by Crippen LogP contribution is 2.42. The Morgan fingerprint density at radius 2 is 2.19 bits per heavy atom. The van der Waals surface area contributed by atoms with Crippen LogP contribution >= 0.6 is 0 Å². The van der Waals surface area contributed by atoms with Gasteiger partial charge in [-0.05, 0) is 43.7 Å². The summed E-state index contributed by atoms with van der Waals surface area (Å²) in [6, 6.07) is 6.21. The first kappa shape index (κ1) is 13.3. The van der Waals surface area contributed by atoms with Crippen LogP contribution < -0.4 is 0 Å². The number of hydrogen-bond acceptors (Lipinski definition) is 3. The van der Waals surface area contributed by atoms with E-state index in [4.69, 9.17) is 4.74 Å². The molecule has 1 aromatic rings. The second-order valence-electron chi connectivity index (χ2n) is 6.70. The van der Waals surface area contributed by atoms with E-state index in [9.17, 15) is 4.79 Å². The van der Waals surface area contributed by atoms with Crippen molar-refractivity contribution in [3.63, 3.8) is 0 Å². The summed E-state index contributed by atoms with van der Waals surface area (Å²) in [5.41, 5.74) is 0.972. The Hall–Kier alpha value is -1.42. The summed E-state index contributed by atoms with van der Waals surface area (Å²) in [6.45, 7) is 1.46. The molecule has 112 valence electrons. The SMILES string of the molecule is O=C(CC1CC1)N1C[C@H]2CC[C@H]1[C@H]2OCc1ccccn1. The number of aromatic nitrogens is 1. The molecule has 4 rings (SSSR count). The molecule has 1 amide bonds. The van der Waals surface area contributed by atoms with Gasteiger partial charge in [-0.2, -0.15) is 0 Å². The van der Waals surface area contributed by atoms with Crippen molar-refractivity contribution in [2.75, 3.05) is 6.54 Å². The quantitative estimate of drug-likeness (QED) is 0.834. The molecular weight excluding hydrogens is 264 g/mol. The standard InChI is InChI=1S/C17H22N2O2/c20-16(9-12-4-5-12)19-10-13-6-7-15(19)17(13)21-11-14-3-1-2-8-18-14/h1-3,8,12-13,15,17H,4-7,9-11H2/t13-,15+,17+/m1/s1. The van der Waals surface area contributed by atoms with Gasteiger partial charge < -0.3 is 9.64 Å². The first-order valence-corrected chi connectivity index (χ1v) is 8.12. The molecule has 0 aromatic carbocycles. The van der Waals surface area contributed by atoms with Crippen LogP contribution in [0.15, 0.2) is 24.4 Å². The number of rotatable bonds is 5. The van der Waals surface area contributed by atoms with E-state index in [1.54, 1.807) is 6.20 Å². The summed E-state index contributed by atoms with van der Waals surface area (Å²) in [4.78, 5) is 18.8. The molecule has 1 aromatic heterocycles. The lowest BCUT2D eigenvalue weighted by molar-refractivity contribution is -0.134. The number of carbonyl (C=O) groups is 1. The molecule has 2 heterocycles. The zero-order valence-corrected chi connectivity index (χ0v) is 12.3. The minimum Gasteiger partial charge on any atom is -0.369 e. The number of amides is 1. The van der Waals surface area contributed by atoms with Crippen LogP contribution in [0.2, 0.25) is 0 Å². The van der Waals surface area contributed by atoms with Gasteiger partial charge in [-0.15, -0.1) is 0 Å². The number of likely N-dealkylation sites (tertiary alicyclic amines) is 1. The molecule has 0 radical (unpaired) electrons. The van der Waals surface area contributed by atoms with Crippen molar-refractivity contribution in [1.82, 2.24) is 9.88 Å². The molecule has 3 fully saturated rings. The van der Waals surface area contributed by atoms with Crippen molar-refractivity contribution in [2.45, 2.75) is 50.9 Å². The summed E-state index contributed by atoms with van der Waals surface area (Å²) < 4.78 is 6.12. The van der Waals surface area contributed by atoms with Gasteiger partial charge in [-0.3, -0.25) is 9.78 Å². The van der Waals surface area contributed by atoms with Crippen molar-refractivity contribution >= 4 is 5.91 Å². The molecule has 3 atom stereocenters. The third-order valence-electron chi connectivity index (χ3n) is 5.14. The van der Waals surface area contributed by atoms with E-state index in [1.807, 2.05) is 18.2 Å². The van der Waals surface area contributed by atoms with Gasteiger partial charge >= 0.3 is 0 Å². The average Bonchev–Trinajstić information content (AvgIpc) is 3.16. The smallest absolute Gasteiger partial charge is 0.223 e. The number of carbonyl (C=O) groups excluding carboxylic acids is 1. The Kier molecular flexibility index (Phi) is 3.42. The van der Waals surface area contributed by atoms with Crippen molar-refractivity contribution in [1.29, 1.82) is 0 Å². The molecule has 3 aliphatic rings. The minimum absolute atomic E-state index is 0.218. The van der Waals surface area contributed by atoms with Crippen LogP contribution in [-0.2, 0) is 16.1 Å². The van der Waals surface area contributed by atoms with Crippen LogP contribution in [0, 0.1) is 11.8 Å². The van der Waals surface area contributed by atoms with Gasteiger partial charge in [0, 0.05) is 25.1 Å². The fourth-order valence-electron chi connectivity index (χ4n) is 3.83. The van der Waals surface area contributed by atoms with Gasteiger partial charge in [0.15, 0.2) is 0 Å². The van der Waals surface area contributed by atoms with E-state index in [0.29, 0.717) is 30.4 Å². The van der Waals surface area contributed by atoms with Gasteiger partial charge in [0.05, 0.1) is 24.4 Å². The highest BCUT2D eigenvalue weighted by molar-refractivity contribution is 5.77. The Labute approximate surface area is 125 Å². The molecular formula is C17H22N2O2. The molecule has 4 nitrogen and oxygen atoms in total. The first-order chi connectivity index (χ1) is 10.3. The van der Waals surface area contributed by atoms with Crippen LogP contribution in [-0.4, -0.2) is 34.5 Å². The second kappa shape index (κ2) is 5.41. The van der Waals surface area contributed by atoms with E-state index in [2.05, 4.69) is 9.88 Å². The highest BCUT2D eigenvalue weighted by atomic mass is 16.5. The fourth-order valence-corrected chi connectivity index (χ4v) is 3.83. The number of pyridine rings is 1. The van der Waals surface area contributed by atoms with Crippen molar-refractivity contribution < 1.29 is 9.53 Å². The first-order valence-electron chi connectivity index (χ1n) is 8.12. The largest absolute Gasteiger partial charge is 0.369 e. The van der Waals surface area contributed by atoms with Crippen molar-refractivity contribution in [2.24, 2.45) is 11.8 Å². The Balaban J connectivity index is 1.37. The van der Waals surface area contributed by atoms with Crippen LogP contribution in [0.4, 0.5) is 0 Å². The molecule has 0 N–H and O–H groups in total. The minimum atomic E-state index is 0.218. The van der Waals surface area contributed by atoms with E-state index in [-0.39, 0.29) is 6.10 Å². The van der Waals surface area contributed by atoms with Crippen LogP contribution in [0.3, 0.4) is 0 Å². The van der Waals surface area contributed by atoms with Crippen LogP contribution in [0.5, 0.6) is 0 Å². The summed E-state index contributed by atoms with van der Waals surface area (Å²) in [5.74, 6) is 1.56. The summed E-state index contributed by atoms with van der Waals surface area (Å²) in [5, 5.41) is 0. The molecule has 0 unspecified atom stereocenters. The molecule has 0 spiro atoms. The van der Waals surface area contributed by atoms with Gasteiger partial charge in [0.25, 0.3) is 0 Å². The van der Waals surface area contributed by atoms with E-state index >= 15 is 0 Å². The maximum Gasteiger partial charge on any atom is 0.223 e. The lowest BCUT2D eigenvalue weighted by Crippen LogP contribution is -2.40. The Bertz CT molecular complexity index is 515. The molecule has 2 saturated carbocycles. The highest BCUT2D eigenvalue weighted by Gasteiger charge is 2.49. The Morgan fingerprint density at radius 3 is 2.95 bits per heavy atom. The van der Waals surface area contributed by atoms with E-state index < -0.39 is 0 Å². The lowest BCUT2D eigenvalue weighted by atomic mass is 10.1. The maximum absolute atomic E-state index is 12.4. The fraction of sp³-hybridized carbons (Fsp3) is 0.647. The zero-order valence-electron chi connectivity index (χ0n) is 12.3. The average molecular weight is 286 g/mol. The maximum atomic E-state index is 12.4. The number of piperidine rings is 1. The number of hydrogen-bond donors (Lipinski definition) is 0. The number of fused-ring (bicyclic) bond motifs is 2. The van der Waals surface area contributed by atoms with E-state index in [1.165, 1.54) is 19.3 Å². The second-order valence-corrected chi connectivity index (χ2v) is 6.70.